The van der Waals surface area contributed by atoms with Crippen molar-refractivity contribution in [1.29, 1.82) is 0 Å². The summed E-state index contributed by atoms with van der Waals surface area (Å²) in [6.07, 6.45) is 5.36. The first-order chi connectivity index (χ1) is 13.8. The Morgan fingerprint density at radius 2 is 1.90 bits per heavy atom. The van der Waals surface area contributed by atoms with Crippen LogP contribution in [0.1, 0.15) is 64.1 Å². The number of fused-ring (bicyclic) bond motifs is 3. The van der Waals surface area contributed by atoms with Gasteiger partial charge in [-0.2, -0.15) is 0 Å². The summed E-state index contributed by atoms with van der Waals surface area (Å²) in [5.74, 6) is 0.895. The number of aryl methyl sites for hydroxylation is 1. The molecule has 2 aromatic heterocycles. The van der Waals surface area contributed by atoms with E-state index in [4.69, 9.17) is 4.98 Å². The molecule has 0 unspecified atom stereocenters. The van der Waals surface area contributed by atoms with Crippen LogP contribution in [0.4, 0.5) is 5.95 Å². The lowest BCUT2D eigenvalue weighted by molar-refractivity contribution is 0.566. The second kappa shape index (κ2) is 7.65. The second-order valence-electron chi connectivity index (χ2n) is 8.96. The standard InChI is InChI=1S/C21H30N6OS/c1-14-11-16(15(2)25-29(28)21(3,4)5)18-17(12-14)19-24-22-13-27(19)20(23-18)26-9-7-6-8-10-26/h11-13,15,25H,6-10H2,1-5H3/t15-,29-/m1/s1. The van der Waals surface area contributed by atoms with Gasteiger partial charge in [0.15, 0.2) is 5.65 Å². The van der Waals surface area contributed by atoms with Crippen LogP contribution in [0.5, 0.6) is 0 Å². The van der Waals surface area contributed by atoms with Gasteiger partial charge in [0.05, 0.1) is 21.2 Å². The van der Waals surface area contributed by atoms with E-state index in [-0.39, 0.29) is 10.8 Å². The highest BCUT2D eigenvalue weighted by Crippen LogP contribution is 2.31. The number of hydrogen-bond acceptors (Lipinski definition) is 5. The molecule has 1 saturated heterocycles. The third-order valence-corrected chi connectivity index (χ3v) is 7.13. The Morgan fingerprint density at radius 3 is 2.59 bits per heavy atom. The maximum Gasteiger partial charge on any atom is 0.213 e. The lowest BCUT2D eigenvalue weighted by Gasteiger charge is -2.29. The Balaban J connectivity index is 1.87. The van der Waals surface area contributed by atoms with Crippen molar-refractivity contribution in [3.8, 4) is 0 Å². The van der Waals surface area contributed by atoms with E-state index in [9.17, 15) is 4.21 Å². The Morgan fingerprint density at radius 1 is 1.17 bits per heavy atom. The van der Waals surface area contributed by atoms with Crippen LogP contribution >= 0.6 is 0 Å². The first-order valence-electron chi connectivity index (χ1n) is 10.3. The van der Waals surface area contributed by atoms with E-state index in [0.29, 0.717) is 0 Å². The molecule has 1 fully saturated rings. The van der Waals surface area contributed by atoms with E-state index in [2.05, 4.69) is 38.9 Å². The van der Waals surface area contributed by atoms with Gasteiger partial charge >= 0.3 is 0 Å². The van der Waals surface area contributed by atoms with Gasteiger partial charge < -0.3 is 4.90 Å². The molecule has 0 bridgehead atoms. The third-order valence-electron chi connectivity index (χ3n) is 5.45. The summed E-state index contributed by atoms with van der Waals surface area (Å²) in [6.45, 7) is 12.0. The molecule has 4 rings (SSSR count). The van der Waals surface area contributed by atoms with Crippen molar-refractivity contribution in [3.63, 3.8) is 0 Å². The first kappa shape index (κ1) is 20.2. The highest BCUT2D eigenvalue weighted by atomic mass is 32.2. The maximum atomic E-state index is 12.7. The number of rotatable bonds is 4. The van der Waals surface area contributed by atoms with Crippen molar-refractivity contribution >= 4 is 33.5 Å². The van der Waals surface area contributed by atoms with Gasteiger partial charge in [-0.3, -0.25) is 4.40 Å². The fourth-order valence-corrected chi connectivity index (χ4v) is 4.67. The van der Waals surface area contributed by atoms with Gasteiger partial charge in [-0.15, -0.1) is 10.2 Å². The van der Waals surface area contributed by atoms with Crippen LogP contribution in [0, 0.1) is 6.92 Å². The maximum absolute atomic E-state index is 12.7. The average molecular weight is 415 g/mol. The second-order valence-corrected chi connectivity index (χ2v) is 11.0. The van der Waals surface area contributed by atoms with Crippen LogP contribution in [0.2, 0.25) is 0 Å². The summed E-state index contributed by atoms with van der Waals surface area (Å²) in [6, 6.07) is 4.15. The Hall–Kier alpha value is -2.06. The topological polar surface area (TPSA) is 75.4 Å². The summed E-state index contributed by atoms with van der Waals surface area (Å²) in [4.78, 5) is 7.43. The van der Waals surface area contributed by atoms with Gasteiger partial charge in [-0.05, 0) is 71.1 Å². The van der Waals surface area contributed by atoms with Crippen molar-refractivity contribution in [3.05, 3.63) is 29.6 Å². The Kier molecular flexibility index (Phi) is 5.33. The van der Waals surface area contributed by atoms with Crippen molar-refractivity contribution in [2.75, 3.05) is 18.0 Å². The number of nitrogens with one attached hydrogen (secondary N) is 1. The highest BCUT2D eigenvalue weighted by molar-refractivity contribution is 7.84. The van der Waals surface area contributed by atoms with Crippen LogP contribution in [-0.4, -0.2) is 41.6 Å². The van der Waals surface area contributed by atoms with Gasteiger partial charge in [0.1, 0.15) is 6.33 Å². The molecule has 7 nitrogen and oxygen atoms in total. The summed E-state index contributed by atoms with van der Waals surface area (Å²) < 4.78 is 17.6. The Bertz CT molecular complexity index is 1060. The predicted octanol–water partition coefficient (Wildman–Crippen LogP) is 3.69. The number of piperidine rings is 1. The summed E-state index contributed by atoms with van der Waals surface area (Å²) in [5.41, 5.74) is 3.90. The summed E-state index contributed by atoms with van der Waals surface area (Å²) >= 11 is 0. The van der Waals surface area contributed by atoms with Crippen molar-refractivity contribution in [2.45, 2.75) is 64.7 Å². The smallest absolute Gasteiger partial charge is 0.213 e. The number of aromatic nitrogens is 4. The van der Waals surface area contributed by atoms with Crippen LogP contribution in [0.15, 0.2) is 18.5 Å². The van der Waals surface area contributed by atoms with E-state index < -0.39 is 11.0 Å². The minimum absolute atomic E-state index is 0.107. The molecule has 0 aliphatic carbocycles. The third kappa shape index (κ3) is 3.88. The fraction of sp³-hybridized carbons (Fsp3) is 0.571. The molecule has 156 valence electrons. The van der Waals surface area contributed by atoms with Crippen LogP contribution in [0.25, 0.3) is 16.6 Å². The molecule has 8 heteroatoms. The molecule has 0 saturated carbocycles. The minimum Gasteiger partial charge on any atom is -0.342 e. The van der Waals surface area contributed by atoms with E-state index in [0.717, 1.165) is 46.7 Å². The van der Waals surface area contributed by atoms with Crippen molar-refractivity contribution < 1.29 is 4.21 Å². The molecule has 2 atom stereocenters. The monoisotopic (exact) mass is 414 g/mol. The molecular formula is C21H30N6OS. The number of benzene rings is 1. The quantitative estimate of drug-likeness (QED) is 0.705. The number of nitrogens with zero attached hydrogens (tertiary/aromatic N) is 5. The normalized spacial score (nSPS) is 17.8. The summed E-state index contributed by atoms with van der Waals surface area (Å²) in [7, 11) is -1.17. The van der Waals surface area contributed by atoms with E-state index >= 15 is 0 Å². The lowest BCUT2D eigenvalue weighted by atomic mass is 10.0. The van der Waals surface area contributed by atoms with Crippen LogP contribution < -0.4 is 9.62 Å². The van der Waals surface area contributed by atoms with E-state index in [1.807, 2.05) is 32.1 Å². The minimum atomic E-state index is -1.17. The lowest BCUT2D eigenvalue weighted by Crippen LogP contribution is -2.35. The van der Waals surface area contributed by atoms with E-state index in [1.54, 1.807) is 6.33 Å². The predicted molar refractivity (Wildman–Crippen MR) is 119 cm³/mol. The average Bonchev–Trinajstić information content (AvgIpc) is 3.17. The molecule has 0 amide bonds. The molecule has 1 aliphatic heterocycles. The molecule has 1 aromatic carbocycles. The largest absolute Gasteiger partial charge is 0.342 e. The van der Waals surface area contributed by atoms with Crippen LogP contribution in [-0.2, 0) is 11.0 Å². The zero-order valence-electron chi connectivity index (χ0n) is 17.9. The molecular weight excluding hydrogens is 384 g/mol. The fourth-order valence-electron chi connectivity index (χ4n) is 3.87. The van der Waals surface area contributed by atoms with Gasteiger partial charge in [0.25, 0.3) is 0 Å². The molecule has 0 spiro atoms. The van der Waals surface area contributed by atoms with Crippen molar-refractivity contribution in [1.82, 2.24) is 24.3 Å². The molecule has 3 heterocycles. The Labute approximate surface area is 174 Å². The molecule has 0 radical (unpaired) electrons. The highest BCUT2D eigenvalue weighted by Gasteiger charge is 2.25. The van der Waals surface area contributed by atoms with Gasteiger partial charge in [-0.1, -0.05) is 6.07 Å². The first-order valence-corrected chi connectivity index (χ1v) is 11.5. The number of hydrogen-bond donors (Lipinski definition) is 1. The van der Waals surface area contributed by atoms with E-state index in [1.165, 1.54) is 19.3 Å². The van der Waals surface area contributed by atoms with Crippen LogP contribution in [0.3, 0.4) is 0 Å². The zero-order valence-corrected chi connectivity index (χ0v) is 18.7. The van der Waals surface area contributed by atoms with Crippen molar-refractivity contribution in [2.24, 2.45) is 0 Å². The summed E-state index contributed by atoms with van der Waals surface area (Å²) in [5, 5.41) is 9.56. The molecule has 3 aromatic rings. The number of anilines is 1. The van der Waals surface area contributed by atoms with Gasteiger partial charge in [0.2, 0.25) is 5.95 Å². The molecule has 1 N–H and O–H groups in total. The SMILES string of the molecule is Cc1cc([C@@H](C)N[S@](=O)C(C)(C)C)c2nc(N3CCCCC3)n3cnnc3c2c1. The van der Waals surface area contributed by atoms with Gasteiger partial charge in [-0.25, -0.2) is 13.9 Å². The zero-order chi connectivity index (χ0) is 20.8. The molecule has 1 aliphatic rings. The molecule has 29 heavy (non-hydrogen) atoms. The van der Waals surface area contributed by atoms with Gasteiger partial charge in [0, 0.05) is 24.5 Å².